The highest BCUT2D eigenvalue weighted by Crippen LogP contribution is 2.17. The van der Waals surface area contributed by atoms with Crippen LogP contribution in [0.15, 0.2) is 23.5 Å². The Bertz CT molecular complexity index is 496. The van der Waals surface area contributed by atoms with Gasteiger partial charge in [-0.2, -0.15) is 0 Å². The van der Waals surface area contributed by atoms with E-state index in [9.17, 15) is 4.79 Å². The second kappa shape index (κ2) is 2.80. The third kappa shape index (κ3) is 1.11. The molecule has 0 aliphatic carbocycles. The van der Waals surface area contributed by atoms with Gasteiger partial charge in [-0.15, -0.1) is 4.99 Å². The molecule has 2 heterocycles. The van der Waals surface area contributed by atoms with E-state index in [0.717, 1.165) is 0 Å². The first-order valence-electron chi connectivity index (χ1n) is 3.70. The van der Waals surface area contributed by atoms with Crippen LogP contribution in [-0.4, -0.2) is 20.4 Å². The lowest BCUT2D eigenvalue weighted by molar-refractivity contribution is 0.565. The molecule has 0 saturated carbocycles. The van der Waals surface area contributed by atoms with E-state index in [1.807, 2.05) is 0 Å². The fourth-order valence-electron chi connectivity index (χ4n) is 1.16. The minimum atomic E-state index is 0.484. The van der Waals surface area contributed by atoms with Gasteiger partial charge < -0.3 is 0 Å². The first kappa shape index (κ1) is 7.64. The zero-order valence-electron chi connectivity index (χ0n) is 6.93. The van der Waals surface area contributed by atoms with E-state index < -0.39 is 0 Å². The molecule has 0 bridgehead atoms. The van der Waals surface area contributed by atoms with E-state index in [2.05, 4.69) is 15.0 Å². The number of hydrogen-bond donors (Lipinski definition) is 0. The van der Waals surface area contributed by atoms with Crippen molar-refractivity contribution in [2.45, 2.75) is 6.92 Å². The standard InChI is InChI=1S/C8H6N4O/c1-6-7(10-5-13)12-4-2-3-9-8(12)11-6/h2-4H,1H3. The summed E-state index contributed by atoms with van der Waals surface area (Å²) in [7, 11) is 0. The summed E-state index contributed by atoms with van der Waals surface area (Å²) in [6.45, 7) is 1.77. The number of hydrogen-bond acceptors (Lipinski definition) is 4. The van der Waals surface area contributed by atoms with Crippen LogP contribution < -0.4 is 0 Å². The largest absolute Gasteiger partial charge is 0.267 e. The van der Waals surface area contributed by atoms with Gasteiger partial charge in [-0.1, -0.05) is 0 Å². The van der Waals surface area contributed by atoms with Gasteiger partial charge in [0, 0.05) is 12.4 Å². The second-order valence-corrected chi connectivity index (χ2v) is 2.51. The molecule has 0 amide bonds. The molecule has 0 aromatic carbocycles. The fraction of sp³-hybridized carbons (Fsp3) is 0.125. The molecule has 0 aliphatic rings. The molecule has 0 N–H and O–H groups in total. The Hall–Kier alpha value is -2.00. The number of aryl methyl sites for hydroxylation is 1. The molecule has 5 nitrogen and oxygen atoms in total. The number of isocyanates is 1. The highest BCUT2D eigenvalue weighted by molar-refractivity contribution is 5.53. The van der Waals surface area contributed by atoms with Crippen LogP contribution in [0.25, 0.3) is 5.78 Å². The average molecular weight is 174 g/mol. The van der Waals surface area contributed by atoms with Gasteiger partial charge in [-0.3, -0.25) is 4.40 Å². The van der Waals surface area contributed by atoms with Crippen molar-refractivity contribution < 1.29 is 4.79 Å². The van der Waals surface area contributed by atoms with Crippen molar-refractivity contribution in [3.8, 4) is 0 Å². The fourth-order valence-corrected chi connectivity index (χ4v) is 1.16. The molecule has 13 heavy (non-hydrogen) atoms. The van der Waals surface area contributed by atoms with Crippen molar-refractivity contribution in [3.63, 3.8) is 0 Å². The molecule has 2 aromatic rings. The molecule has 64 valence electrons. The Morgan fingerprint density at radius 3 is 3.23 bits per heavy atom. The van der Waals surface area contributed by atoms with Crippen LogP contribution in [0, 0.1) is 6.92 Å². The third-order valence-corrected chi connectivity index (χ3v) is 1.70. The topological polar surface area (TPSA) is 59.6 Å². The van der Waals surface area contributed by atoms with Crippen LogP contribution in [0.3, 0.4) is 0 Å². The molecule has 5 heteroatoms. The van der Waals surface area contributed by atoms with Gasteiger partial charge >= 0.3 is 0 Å². The van der Waals surface area contributed by atoms with Crippen molar-refractivity contribution in [1.29, 1.82) is 0 Å². The first-order valence-corrected chi connectivity index (χ1v) is 3.70. The Morgan fingerprint density at radius 1 is 1.62 bits per heavy atom. The van der Waals surface area contributed by atoms with Crippen LogP contribution >= 0.6 is 0 Å². The summed E-state index contributed by atoms with van der Waals surface area (Å²) in [5, 5.41) is 0. The maximum atomic E-state index is 10.1. The monoisotopic (exact) mass is 174 g/mol. The molecule has 0 fully saturated rings. The van der Waals surface area contributed by atoms with Gasteiger partial charge in [-0.25, -0.2) is 14.8 Å². The van der Waals surface area contributed by atoms with E-state index in [1.54, 1.807) is 29.8 Å². The van der Waals surface area contributed by atoms with Gasteiger partial charge in [-0.05, 0) is 13.0 Å². The van der Waals surface area contributed by atoms with E-state index >= 15 is 0 Å². The number of nitrogens with zero attached hydrogens (tertiary/aromatic N) is 4. The van der Waals surface area contributed by atoms with Gasteiger partial charge in [0.2, 0.25) is 11.9 Å². The predicted octanol–water partition coefficient (Wildman–Crippen LogP) is 1.01. The quantitative estimate of drug-likeness (QED) is 0.478. The lowest BCUT2D eigenvalue weighted by atomic mass is 10.5. The van der Waals surface area contributed by atoms with Crippen LogP contribution in [0.5, 0.6) is 0 Å². The van der Waals surface area contributed by atoms with Crippen LogP contribution in [-0.2, 0) is 4.79 Å². The maximum absolute atomic E-state index is 10.1. The van der Waals surface area contributed by atoms with Gasteiger partial charge in [0.15, 0.2) is 5.82 Å². The maximum Gasteiger partial charge on any atom is 0.242 e. The van der Waals surface area contributed by atoms with Crippen LogP contribution in [0.4, 0.5) is 5.82 Å². The Labute approximate surface area is 73.8 Å². The predicted molar refractivity (Wildman–Crippen MR) is 45.5 cm³/mol. The number of aromatic nitrogens is 3. The normalized spacial score (nSPS) is 9.92. The van der Waals surface area contributed by atoms with Gasteiger partial charge in [0.25, 0.3) is 0 Å². The summed E-state index contributed by atoms with van der Waals surface area (Å²) >= 11 is 0. The highest BCUT2D eigenvalue weighted by atomic mass is 16.1. The van der Waals surface area contributed by atoms with Crippen LogP contribution in [0.1, 0.15) is 5.69 Å². The summed E-state index contributed by atoms with van der Waals surface area (Å²) in [5.74, 6) is 1.02. The second-order valence-electron chi connectivity index (χ2n) is 2.51. The Morgan fingerprint density at radius 2 is 2.46 bits per heavy atom. The lowest BCUT2D eigenvalue weighted by Crippen LogP contribution is -1.84. The molecule has 2 aromatic heterocycles. The molecular weight excluding hydrogens is 168 g/mol. The number of fused-ring (bicyclic) bond motifs is 1. The minimum absolute atomic E-state index is 0.484. The zero-order valence-corrected chi connectivity index (χ0v) is 6.93. The summed E-state index contributed by atoms with van der Waals surface area (Å²) in [6.07, 6.45) is 4.87. The summed E-state index contributed by atoms with van der Waals surface area (Å²) in [6, 6.07) is 1.75. The smallest absolute Gasteiger partial charge is 0.242 e. The van der Waals surface area contributed by atoms with E-state index in [0.29, 0.717) is 17.3 Å². The summed E-state index contributed by atoms with van der Waals surface area (Å²) in [5.41, 5.74) is 0.669. The van der Waals surface area contributed by atoms with Crippen molar-refractivity contribution in [2.24, 2.45) is 4.99 Å². The molecule has 0 spiro atoms. The van der Waals surface area contributed by atoms with Crippen molar-refractivity contribution in [1.82, 2.24) is 14.4 Å². The molecule has 0 unspecified atom stereocenters. The van der Waals surface area contributed by atoms with Crippen molar-refractivity contribution in [3.05, 3.63) is 24.2 Å². The molecular formula is C8H6N4O. The van der Waals surface area contributed by atoms with Crippen LogP contribution in [0.2, 0.25) is 0 Å². The molecule has 0 radical (unpaired) electrons. The van der Waals surface area contributed by atoms with E-state index in [-0.39, 0.29) is 0 Å². The SMILES string of the molecule is Cc1nc2ncccn2c1N=C=O. The van der Waals surface area contributed by atoms with Crippen molar-refractivity contribution in [2.75, 3.05) is 0 Å². The number of carbonyl (C=O) groups excluding carboxylic acids is 1. The number of rotatable bonds is 1. The van der Waals surface area contributed by atoms with Gasteiger partial charge in [0.05, 0.1) is 5.69 Å². The first-order chi connectivity index (χ1) is 6.33. The van der Waals surface area contributed by atoms with E-state index in [4.69, 9.17) is 0 Å². The van der Waals surface area contributed by atoms with E-state index in [1.165, 1.54) is 6.08 Å². The average Bonchev–Trinajstić information content (AvgIpc) is 2.44. The van der Waals surface area contributed by atoms with Gasteiger partial charge in [0.1, 0.15) is 0 Å². The molecule has 0 aliphatic heterocycles. The van der Waals surface area contributed by atoms with Crippen molar-refractivity contribution >= 4 is 17.7 Å². The highest BCUT2D eigenvalue weighted by Gasteiger charge is 2.06. The summed E-state index contributed by atoms with van der Waals surface area (Å²) in [4.78, 5) is 21.8. The Kier molecular flexibility index (Phi) is 1.65. The minimum Gasteiger partial charge on any atom is -0.267 e. The lowest BCUT2D eigenvalue weighted by Gasteiger charge is -1.91. The third-order valence-electron chi connectivity index (χ3n) is 1.70. The number of aliphatic imine (C=N–C) groups is 1. The zero-order chi connectivity index (χ0) is 9.26. The number of imidazole rings is 1. The molecule has 0 saturated heterocycles. The molecule has 0 atom stereocenters. The molecule has 2 rings (SSSR count). The Balaban J connectivity index is 2.85. The summed E-state index contributed by atoms with van der Waals surface area (Å²) < 4.78 is 1.64.